The van der Waals surface area contributed by atoms with Crippen LogP contribution in [0.5, 0.6) is 0 Å². The maximum Gasteiger partial charge on any atom is 0.374 e. The Morgan fingerprint density at radius 3 is 2.29 bits per heavy atom. The summed E-state index contributed by atoms with van der Waals surface area (Å²) in [5.41, 5.74) is 2.26. The molecule has 1 aromatic rings. The second kappa shape index (κ2) is 4.21. The Bertz CT molecular complexity index is 435. The van der Waals surface area contributed by atoms with Gasteiger partial charge in [0.05, 0.1) is 7.11 Å². The van der Waals surface area contributed by atoms with Crippen LogP contribution in [0.1, 0.15) is 61.1 Å². The van der Waals surface area contributed by atoms with Gasteiger partial charge >= 0.3 is 5.97 Å². The van der Waals surface area contributed by atoms with Crippen LogP contribution in [0.4, 0.5) is 0 Å². The van der Waals surface area contributed by atoms with Gasteiger partial charge in [-0.25, -0.2) is 4.79 Å². The van der Waals surface area contributed by atoms with Gasteiger partial charge in [-0.1, -0.05) is 20.8 Å². The van der Waals surface area contributed by atoms with Crippen molar-refractivity contribution in [1.82, 2.24) is 0 Å². The summed E-state index contributed by atoms with van der Waals surface area (Å²) in [5, 5.41) is 0. The lowest BCUT2D eigenvalue weighted by atomic mass is 9.84. The van der Waals surface area contributed by atoms with Crippen molar-refractivity contribution in [3.8, 4) is 0 Å². The van der Waals surface area contributed by atoms with Crippen molar-refractivity contribution in [1.29, 1.82) is 0 Å². The molecule has 94 valence electrons. The molecular weight excluding hydrogens is 216 g/mol. The van der Waals surface area contributed by atoms with Gasteiger partial charge in [0.15, 0.2) is 0 Å². The van der Waals surface area contributed by atoms with Gasteiger partial charge in [-0.15, -0.1) is 0 Å². The van der Waals surface area contributed by atoms with Crippen LogP contribution in [-0.2, 0) is 23.0 Å². The van der Waals surface area contributed by atoms with E-state index in [2.05, 4.69) is 20.8 Å². The molecule has 0 amide bonds. The molecule has 0 saturated heterocycles. The summed E-state index contributed by atoms with van der Waals surface area (Å²) in [6, 6.07) is 0. The number of rotatable bonds is 1. The fourth-order valence-electron chi connectivity index (χ4n) is 2.50. The number of carbonyl (C=O) groups is 1. The molecule has 3 heteroatoms. The predicted molar refractivity (Wildman–Crippen MR) is 65.4 cm³/mol. The van der Waals surface area contributed by atoms with E-state index in [1.807, 2.05) is 0 Å². The van der Waals surface area contributed by atoms with Gasteiger partial charge in [0.1, 0.15) is 5.76 Å². The Kier molecular flexibility index (Phi) is 3.02. The highest BCUT2D eigenvalue weighted by Crippen LogP contribution is 2.37. The summed E-state index contributed by atoms with van der Waals surface area (Å²) in [6.07, 6.45) is 4.25. The zero-order chi connectivity index (χ0) is 12.6. The van der Waals surface area contributed by atoms with E-state index in [4.69, 9.17) is 9.15 Å². The molecule has 1 heterocycles. The predicted octanol–water partition coefficient (Wildman–Crippen LogP) is 3.24. The molecule has 0 spiro atoms. The van der Waals surface area contributed by atoms with E-state index < -0.39 is 0 Å². The molecule has 0 aliphatic heterocycles. The second-order valence-electron chi connectivity index (χ2n) is 5.67. The fraction of sp³-hybridized carbons (Fsp3) is 0.643. The molecule has 0 radical (unpaired) electrons. The third-order valence-corrected chi connectivity index (χ3v) is 3.27. The van der Waals surface area contributed by atoms with Crippen LogP contribution in [0.3, 0.4) is 0 Å². The monoisotopic (exact) mass is 236 g/mol. The number of methoxy groups -OCH3 is 1. The van der Waals surface area contributed by atoms with Crippen molar-refractivity contribution >= 4 is 5.97 Å². The molecule has 3 nitrogen and oxygen atoms in total. The van der Waals surface area contributed by atoms with Gasteiger partial charge in [0.2, 0.25) is 5.76 Å². The van der Waals surface area contributed by atoms with Crippen molar-refractivity contribution in [3.05, 3.63) is 22.6 Å². The van der Waals surface area contributed by atoms with E-state index >= 15 is 0 Å². The molecule has 1 aliphatic carbocycles. The first-order valence-electron chi connectivity index (χ1n) is 6.18. The molecule has 0 aromatic carbocycles. The van der Waals surface area contributed by atoms with Crippen LogP contribution in [0, 0.1) is 0 Å². The molecule has 0 unspecified atom stereocenters. The summed E-state index contributed by atoms with van der Waals surface area (Å²) in [4.78, 5) is 11.7. The lowest BCUT2D eigenvalue weighted by molar-refractivity contribution is 0.0559. The summed E-state index contributed by atoms with van der Waals surface area (Å²) in [6.45, 7) is 6.34. The maximum absolute atomic E-state index is 11.7. The first-order chi connectivity index (χ1) is 7.95. The number of hydrogen-bond acceptors (Lipinski definition) is 3. The fourth-order valence-corrected chi connectivity index (χ4v) is 2.50. The van der Waals surface area contributed by atoms with Gasteiger partial charge in [-0.05, 0) is 31.2 Å². The van der Waals surface area contributed by atoms with Crippen LogP contribution >= 0.6 is 0 Å². The van der Waals surface area contributed by atoms with Gasteiger partial charge in [-0.2, -0.15) is 0 Å². The zero-order valence-corrected chi connectivity index (χ0v) is 11.1. The van der Waals surface area contributed by atoms with E-state index in [1.54, 1.807) is 0 Å². The van der Waals surface area contributed by atoms with Gasteiger partial charge in [0.25, 0.3) is 0 Å². The van der Waals surface area contributed by atoms with Gasteiger partial charge in [-0.3, -0.25) is 0 Å². The summed E-state index contributed by atoms with van der Waals surface area (Å²) < 4.78 is 10.6. The van der Waals surface area contributed by atoms with E-state index in [9.17, 15) is 4.79 Å². The second-order valence-corrected chi connectivity index (χ2v) is 5.67. The number of fused-ring (bicyclic) bond motifs is 1. The Morgan fingerprint density at radius 1 is 1.18 bits per heavy atom. The molecular formula is C14H20O3. The summed E-state index contributed by atoms with van der Waals surface area (Å²) >= 11 is 0. The van der Waals surface area contributed by atoms with E-state index in [-0.39, 0.29) is 11.4 Å². The van der Waals surface area contributed by atoms with Crippen LogP contribution < -0.4 is 0 Å². The molecule has 0 bridgehead atoms. The zero-order valence-electron chi connectivity index (χ0n) is 11.1. The lowest BCUT2D eigenvalue weighted by Gasteiger charge is -2.19. The standard InChI is InChI=1S/C14H20O3/c1-14(2,3)12-10-8-6-5-7-9(10)11(17-12)13(15)16-4/h5-8H2,1-4H3. The highest BCUT2D eigenvalue weighted by Gasteiger charge is 2.32. The summed E-state index contributed by atoms with van der Waals surface area (Å²) in [5.74, 6) is 1.03. The highest BCUT2D eigenvalue weighted by molar-refractivity contribution is 5.88. The van der Waals surface area contributed by atoms with Crippen LogP contribution in [0.2, 0.25) is 0 Å². The molecule has 17 heavy (non-hydrogen) atoms. The lowest BCUT2D eigenvalue weighted by Crippen LogP contribution is -2.14. The maximum atomic E-state index is 11.7. The van der Waals surface area contributed by atoms with Gasteiger partial charge < -0.3 is 9.15 Å². The minimum atomic E-state index is -0.348. The molecule has 2 rings (SSSR count). The van der Waals surface area contributed by atoms with Crippen molar-refractivity contribution < 1.29 is 13.9 Å². The number of hydrogen-bond donors (Lipinski definition) is 0. The minimum absolute atomic E-state index is 0.0618. The summed E-state index contributed by atoms with van der Waals surface area (Å²) in [7, 11) is 1.40. The molecule has 0 fully saturated rings. The topological polar surface area (TPSA) is 39.4 Å². The SMILES string of the molecule is COC(=O)c1oc(C(C)(C)C)c2c1CCCC2. The first kappa shape index (κ1) is 12.2. The van der Waals surface area contributed by atoms with Crippen LogP contribution in [0.15, 0.2) is 4.42 Å². The molecule has 0 N–H and O–H groups in total. The van der Waals surface area contributed by atoms with E-state index in [0.29, 0.717) is 5.76 Å². The molecule has 0 saturated carbocycles. The van der Waals surface area contributed by atoms with E-state index in [1.165, 1.54) is 19.1 Å². The number of esters is 1. The first-order valence-corrected chi connectivity index (χ1v) is 6.18. The largest absolute Gasteiger partial charge is 0.463 e. The van der Waals surface area contributed by atoms with Crippen molar-refractivity contribution in [2.24, 2.45) is 0 Å². The van der Waals surface area contributed by atoms with Crippen LogP contribution in [-0.4, -0.2) is 13.1 Å². The van der Waals surface area contributed by atoms with Crippen molar-refractivity contribution in [2.75, 3.05) is 7.11 Å². The van der Waals surface area contributed by atoms with Crippen molar-refractivity contribution in [2.45, 2.75) is 51.9 Å². The Hall–Kier alpha value is -1.25. The molecule has 1 aliphatic rings. The van der Waals surface area contributed by atoms with E-state index in [0.717, 1.165) is 30.6 Å². The van der Waals surface area contributed by atoms with Crippen molar-refractivity contribution in [3.63, 3.8) is 0 Å². The Labute approximate surface area is 102 Å². The third-order valence-electron chi connectivity index (χ3n) is 3.27. The quantitative estimate of drug-likeness (QED) is 0.703. The Balaban J connectivity index is 2.55. The smallest absolute Gasteiger partial charge is 0.374 e. The normalized spacial score (nSPS) is 15.5. The highest BCUT2D eigenvalue weighted by atomic mass is 16.5. The minimum Gasteiger partial charge on any atom is -0.463 e. The average Bonchev–Trinajstić information content (AvgIpc) is 2.67. The third kappa shape index (κ3) is 2.11. The average molecular weight is 236 g/mol. The molecule has 1 aromatic heterocycles. The number of carbonyl (C=O) groups excluding carboxylic acids is 1. The van der Waals surface area contributed by atoms with Gasteiger partial charge in [0, 0.05) is 11.0 Å². The molecule has 0 atom stereocenters. The Morgan fingerprint density at radius 2 is 1.76 bits per heavy atom. The number of furan rings is 1. The van der Waals surface area contributed by atoms with Crippen LogP contribution in [0.25, 0.3) is 0 Å². The number of ether oxygens (including phenoxy) is 1.